The molecule has 7 rings (SSSR count). The molecule has 0 spiro atoms. The number of urea groups is 1. The van der Waals surface area contributed by atoms with Gasteiger partial charge in [0.15, 0.2) is 9.84 Å². The van der Waals surface area contributed by atoms with Gasteiger partial charge in [-0.25, -0.2) is 13.2 Å². The lowest BCUT2D eigenvalue weighted by Crippen LogP contribution is -2.66. The van der Waals surface area contributed by atoms with E-state index < -0.39 is 67.8 Å². The van der Waals surface area contributed by atoms with Gasteiger partial charge in [-0.05, 0) is 86.9 Å². The van der Waals surface area contributed by atoms with Gasteiger partial charge in [0.05, 0.1) is 22.6 Å². The van der Waals surface area contributed by atoms with Gasteiger partial charge in [0, 0.05) is 12.6 Å². The summed E-state index contributed by atoms with van der Waals surface area (Å²) in [7, 11) is -3.34. The predicted molar refractivity (Wildman–Crippen MR) is 198 cm³/mol. The number of fused-ring (bicyclic) bond motifs is 1. The molecule has 13 heteroatoms. The number of amides is 5. The summed E-state index contributed by atoms with van der Waals surface area (Å²) in [6.07, 6.45) is 13.4. The van der Waals surface area contributed by atoms with E-state index in [4.69, 9.17) is 0 Å². The number of likely N-dealkylation sites (tertiary alicyclic amines) is 1. The number of nitrogens with zero attached hydrogens (tertiary/aromatic N) is 1. The third-order valence-electron chi connectivity index (χ3n) is 13.6. The first kappa shape index (κ1) is 39.0. The Hall–Kier alpha value is -2.70. The Balaban J connectivity index is 0.00000228. The minimum absolute atomic E-state index is 0.0260. The van der Waals surface area contributed by atoms with Crippen LogP contribution in [0.2, 0.25) is 0 Å². The summed E-state index contributed by atoms with van der Waals surface area (Å²) in [6.45, 7) is 8.52. The first-order chi connectivity index (χ1) is 24.8. The maximum Gasteiger partial charge on any atom is 0.315 e. The van der Waals surface area contributed by atoms with Crippen LogP contribution in [0, 0.1) is 29.1 Å². The summed E-state index contributed by atoms with van der Waals surface area (Å²) in [4.78, 5) is 70.8. The molecule has 0 aromatic heterocycles. The number of piperidine rings is 1. The van der Waals surface area contributed by atoms with Crippen LogP contribution in [0.1, 0.15) is 137 Å². The SMILES string of the molecule is CC.CC1[C@H]2[C@@H]1CN(C(=O)[C@@H](NC(=O)NC1(C3CCCS3(=O)=O)CCCCC1)C1(C)CCCCC1)[C@@H]2C(=O)NC(CC1CC1)C(=O)C(=O)NC1CC1. The van der Waals surface area contributed by atoms with Crippen LogP contribution >= 0.6 is 0 Å². The standard InChI is InChI=1S/C37H57N5O7S.C2H6/c1-22-25-21-42(29(28(22)25)32(44)39-26(20-23-11-12-23)30(43)33(45)38-24-13-14-24)34(46)31(36(2)15-5-3-6-16-36)40-35(47)41-37(17-7-4-8-18-37)27-10-9-19-50(27,48)49;1-2/h22-29,31H,3-21H2,1-2H3,(H,38,45)(H,39,44)(H2,40,41,47);1-2H3/t22?,25-,26?,27?,28+,29+,31-;/m1./s1. The molecule has 5 aliphatic carbocycles. The van der Waals surface area contributed by atoms with Crippen molar-refractivity contribution in [2.24, 2.45) is 29.1 Å². The molecule has 2 aliphatic heterocycles. The Labute approximate surface area is 310 Å². The third kappa shape index (κ3) is 8.19. The fourth-order valence-electron chi connectivity index (χ4n) is 10.2. The second kappa shape index (κ2) is 15.6. The van der Waals surface area contributed by atoms with Crippen LogP contribution in [0.3, 0.4) is 0 Å². The maximum atomic E-state index is 14.8. The lowest BCUT2D eigenvalue weighted by molar-refractivity contribution is -0.145. The minimum atomic E-state index is -3.34. The van der Waals surface area contributed by atoms with Crippen LogP contribution in [0.5, 0.6) is 0 Å². The van der Waals surface area contributed by atoms with E-state index in [1.165, 1.54) is 0 Å². The smallest absolute Gasteiger partial charge is 0.315 e. The Bertz CT molecular complexity index is 1480. The molecule has 5 amide bonds. The second-order valence-corrected chi connectivity index (χ2v) is 19.7. The summed E-state index contributed by atoms with van der Waals surface area (Å²) in [5, 5.41) is 11.3. The van der Waals surface area contributed by atoms with Crippen LogP contribution in [0.25, 0.3) is 0 Å². The lowest BCUT2D eigenvalue weighted by Gasteiger charge is -2.45. The van der Waals surface area contributed by atoms with Crippen molar-refractivity contribution in [3.05, 3.63) is 0 Å². The molecule has 0 bridgehead atoms. The van der Waals surface area contributed by atoms with Crippen molar-refractivity contribution in [1.82, 2.24) is 26.2 Å². The highest BCUT2D eigenvalue weighted by Gasteiger charge is 2.64. The number of carbonyl (C=O) groups is 5. The zero-order chi connectivity index (χ0) is 37.4. The molecule has 5 saturated carbocycles. The first-order valence-electron chi connectivity index (χ1n) is 20.6. The molecule has 7 aliphatic rings. The number of hydrogen-bond donors (Lipinski definition) is 4. The fraction of sp³-hybridized carbons (Fsp3) is 0.872. The normalized spacial score (nSPS) is 32.2. The molecule has 12 nitrogen and oxygen atoms in total. The van der Waals surface area contributed by atoms with Crippen LogP contribution < -0.4 is 21.3 Å². The van der Waals surface area contributed by atoms with Crippen molar-refractivity contribution in [2.75, 3.05) is 12.3 Å². The van der Waals surface area contributed by atoms with Crippen molar-refractivity contribution in [1.29, 1.82) is 0 Å². The van der Waals surface area contributed by atoms with E-state index in [1.807, 2.05) is 20.8 Å². The van der Waals surface area contributed by atoms with Gasteiger partial charge in [0.2, 0.25) is 17.6 Å². The monoisotopic (exact) mass is 745 g/mol. The molecular weight excluding hydrogens is 683 g/mol. The summed E-state index contributed by atoms with van der Waals surface area (Å²) in [6, 6.07) is -3.13. The number of hydrogen-bond acceptors (Lipinski definition) is 7. The van der Waals surface area contributed by atoms with Crippen LogP contribution in [0.4, 0.5) is 4.79 Å². The Kier molecular flexibility index (Phi) is 11.7. The number of nitrogens with one attached hydrogen (secondary N) is 4. The van der Waals surface area contributed by atoms with Crippen molar-refractivity contribution < 1.29 is 32.4 Å². The Morgan fingerprint density at radius 1 is 0.827 bits per heavy atom. The molecule has 52 heavy (non-hydrogen) atoms. The molecule has 7 atom stereocenters. The maximum absolute atomic E-state index is 14.8. The molecule has 2 heterocycles. The van der Waals surface area contributed by atoms with Gasteiger partial charge in [-0.15, -0.1) is 0 Å². The molecule has 0 aromatic rings. The second-order valence-electron chi connectivity index (χ2n) is 17.3. The largest absolute Gasteiger partial charge is 0.347 e. The van der Waals surface area contributed by atoms with Gasteiger partial charge in [0.25, 0.3) is 5.91 Å². The van der Waals surface area contributed by atoms with E-state index in [1.54, 1.807) is 4.90 Å². The van der Waals surface area contributed by atoms with E-state index in [0.717, 1.165) is 77.0 Å². The van der Waals surface area contributed by atoms with Crippen molar-refractivity contribution in [3.63, 3.8) is 0 Å². The molecule has 4 N–H and O–H groups in total. The van der Waals surface area contributed by atoms with E-state index in [0.29, 0.717) is 38.6 Å². The Morgan fingerprint density at radius 2 is 1.46 bits per heavy atom. The van der Waals surface area contributed by atoms with E-state index in [9.17, 15) is 32.4 Å². The van der Waals surface area contributed by atoms with Crippen molar-refractivity contribution in [3.8, 4) is 0 Å². The highest BCUT2D eigenvalue weighted by Crippen LogP contribution is 2.56. The highest BCUT2D eigenvalue weighted by atomic mass is 32.2. The van der Waals surface area contributed by atoms with Gasteiger partial charge in [-0.3, -0.25) is 19.2 Å². The Morgan fingerprint density at radius 3 is 2.04 bits per heavy atom. The minimum Gasteiger partial charge on any atom is -0.347 e. The van der Waals surface area contributed by atoms with E-state index >= 15 is 0 Å². The zero-order valence-corrected chi connectivity index (χ0v) is 32.7. The van der Waals surface area contributed by atoms with Gasteiger partial charge >= 0.3 is 6.03 Å². The average Bonchev–Trinajstić information content (AvgIpc) is 4.09. The molecule has 0 aromatic carbocycles. The van der Waals surface area contributed by atoms with Crippen molar-refractivity contribution in [2.45, 2.75) is 172 Å². The van der Waals surface area contributed by atoms with Crippen molar-refractivity contribution >= 4 is 39.4 Å². The van der Waals surface area contributed by atoms with Gasteiger partial charge in [0.1, 0.15) is 12.1 Å². The molecular formula is C39H63N5O7S. The quantitative estimate of drug-likeness (QED) is 0.218. The predicted octanol–water partition coefficient (Wildman–Crippen LogP) is 4.16. The van der Waals surface area contributed by atoms with E-state index in [-0.39, 0.29) is 41.4 Å². The molecule has 0 radical (unpaired) electrons. The first-order valence-corrected chi connectivity index (χ1v) is 22.3. The van der Waals surface area contributed by atoms with Crippen LogP contribution in [0.15, 0.2) is 0 Å². The molecule has 2 saturated heterocycles. The third-order valence-corrected chi connectivity index (χ3v) is 16.0. The highest BCUT2D eigenvalue weighted by molar-refractivity contribution is 7.92. The summed E-state index contributed by atoms with van der Waals surface area (Å²) >= 11 is 0. The van der Waals surface area contributed by atoms with Gasteiger partial charge in [-0.1, -0.05) is 79.1 Å². The number of rotatable bonds is 12. The van der Waals surface area contributed by atoms with Gasteiger partial charge in [-0.2, -0.15) is 0 Å². The summed E-state index contributed by atoms with van der Waals surface area (Å²) < 4.78 is 26.3. The van der Waals surface area contributed by atoms with Crippen LogP contribution in [-0.4, -0.2) is 90.1 Å². The van der Waals surface area contributed by atoms with E-state index in [2.05, 4.69) is 28.2 Å². The fourth-order valence-corrected chi connectivity index (χ4v) is 12.5. The molecule has 7 fully saturated rings. The van der Waals surface area contributed by atoms with Crippen LogP contribution in [-0.2, 0) is 29.0 Å². The number of ketones is 1. The number of carbonyl (C=O) groups excluding carboxylic acids is 5. The lowest BCUT2D eigenvalue weighted by atomic mass is 9.70. The number of Topliss-reactive ketones (excluding diaryl/α,β-unsaturated/α-hetero) is 1. The number of sulfone groups is 1. The topological polar surface area (TPSA) is 171 Å². The summed E-state index contributed by atoms with van der Waals surface area (Å²) in [5.41, 5.74) is -1.41. The molecule has 292 valence electrons. The van der Waals surface area contributed by atoms with Gasteiger partial charge < -0.3 is 26.2 Å². The summed E-state index contributed by atoms with van der Waals surface area (Å²) in [5.74, 6) is -1.22. The average molecular weight is 746 g/mol. The molecule has 3 unspecified atom stereocenters. The zero-order valence-electron chi connectivity index (χ0n) is 31.8.